The number of hydrazine groups is 1. The number of thiophene rings is 1. The first kappa shape index (κ1) is 12.6. The largest absolute Gasteiger partial charge is 0.271 e. The van der Waals surface area contributed by atoms with Crippen molar-refractivity contribution in [1.29, 1.82) is 0 Å². The molecule has 1 aromatic heterocycles. The van der Waals surface area contributed by atoms with E-state index in [-0.39, 0.29) is 0 Å². The van der Waals surface area contributed by atoms with E-state index in [2.05, 4.69) is 11.5 Å². The zero-order valence-corrected chi connectivity index (χ0v) is 11.9. The maximum Gasteiger partial charge on any atom is 0.0556 e. The molecule has 18 heavy (non-hydrogen) atoms. The van der Waals surface area contributed by atoms with Crippen molar-refractivity contribution >= 4 is 11.3 Å². The van der Waals surface area contributed by atoms with Crippen molar-refractivity contribution < 1.29 is 0 Å². The molecule has 3 rings (SSSR count). The molecular formula is C15H24N2S. The van der Waals surface area contributed by atoms with Crippen LogP contribution in [-0.2, 0) is 12.8 Å². The number of fused-ring (bicyclic) bond motifs is 1. The van der Waals surface area contributed by atoms with Crippen molar-refractivity contribution in [3.05, 3.63) is 21.4 Å². The summed E-state index contributed by atoms with van der Waals surface area (Å²) in [7, 11) is 0. The minimum Gasteiger partial charge on any atom is -0.271 e. The normalized spacial score (nSPS) is 22.1. The lowest BCUT2D eigenvalue weighted by molar-refractivity contribution is 0.263. The van der Waals surface area contributed by atoms with Crippen LogP contribution in [0.2, 0.25) is 0 Å². The summed E-state index contributed by atoms with van der Waals surface area (Å²) in [6.07, 6.45) is 12.2. The lowest BCUT2D eigenvalue weighted by Gasteiger charge is -2.29. The van der Waals surface area contributed by atoms with Crippen LogP contribution in [0.15, 0.2) is 6.07 Å². The van der Waals surface area contributed by atoms with Crippen molar-refractivity contribution in [1.82, 2.24) is 5.43 Å². The van der Waals surface area contributed by atoms with Gasteiger partial charge in [-0.1, -0.05) is 25.7 Å². The Morgan fingerprint density at radius 2 is 2.06 bits per heavy atom. The van der Waals surface area contributed by atoms with E-state index >= 15 is 0 Å². The van der Waals surface area contributed by atoms with E-state index in [0.717, 1.165) is 5.92 Å². The van der Waals surface area contributed by atoms with Gasteiger partial charge in [-0.15, -0.1) is 11.3 Å². The van der Waals surface area contributed by atoms with Gasteiger partial charge in [0.15, 0.2) is 0 Å². The zero-order chi connectivity index (χ0) is 12.4. The molecule has 2 aliphatic rings. The lowest BCUT2D eigenvalue weighted by atomic mass is 9.80. The fourth-order valence-electron chi connectivity index (χ4n) is 3.19. The van der Waals surface area contributed by atoms with Crippen LogP contribution in [-0.4, -0.2) is 0 Å². The highest BCUT2D eigenvalue weighted by Crippen LogP contribution is 2.38. The summed E-state index contributed by atoms with van der Waals surface area (Å²) < 4.78 is 0. The zero-order valence-electron chi connectivity index (χ0n) is 11.1. The summed E-state index contributed by atoms with van der Waals surface area (Å²) in [5.41, 5.74) is 4.67. The second-order valence-electron chi connectivity index (χ2n) is 5.91. The predicted molar refractivity (Wildman–Crippen MR) is 77.6 cm³/mol. The van der Waals surface area contributed by atoms with E-state index in [1.165, 1.54) is 62.7 Å². The van der Waals surface area contributed by atoms with Crippen LogP contribution in [0.5, 0.6) is 0 Å². The van der Waals surface area contributed by atoms with E-state index in [0.29, 0.717) is 6.04 Å². The number of nitrogens with two attached hydrogens (primary N) is 1. The van der Waals surface area contributed by atoms with E-state index in [4.69, 9.17) is 5.84 Å². The molecule has 2 nitrogen and oxygen atoms in total. The Balaban J connectivity index is 1.73. The van der Waals surface area contributed by atoms with Gasteiger partial charge in [0.2, 0.25) is 0 Å². The summed E-state index contributed by atoms with van der Waals surface area (Å²) in [6.45, 7) is 0. The number of hydrogen-bond donors (Lipinski definition) is 2. The Bertz CT molecular complexity index is 372. The Morgan fingerprint density at radius 3 is 2.78 bits per heavy atom. The third-order valence-corrected chi connectivity index (χ3v) is 5.95. The van der Waals surface area contributed by atoms with Crippen LogP contribution >= 0.6 is 11.3 Å². The Hall–Kier alpha value is -0.380. The van der Waals surface area contributed by atoms with Crippen LogP contribution in [0.1, 0.15) is 66.3 Å². The van der Waals surface area contributed by atoms with Gasteiger partial charge in [-0.3, -0.25) is 11.3 Å². The first-order valence-corrected chi connectivity index (χ1v) is 8.26. The highest BCUT2D eigenvalue weighted by molar-refractivity contribution is 7.12. The van der Waals surface area contributed by atoms with Crippen molar-refractivity contribution in [2.45, 2.75) is 63.8 Å². The molecule has 0 saturated heterocycles. The molecule has 1 heterocycles. The van der Waals surface area contributed by atoms with Gasteiger partial charge in [-0.2, -0.15) is 0 Å². The maximum absolute atomic E-state index is 5.78. The first-order chi connectivity index (χ1) is 8.86. The number of nitrogens with one attached hydrogen (secondary N) is 1. The van der Waals surface area contributed by atoms with Crippen molar-refractivity contribution in [3.63, 3.8) is 0 Å². The monoisotopic (exact) mass is 264 g/mol. The molecule has 3 heteroatoms. The fraction of sp³-hybridized carbons (Fsp3) is 0.733. The van der Waals surface area contributed by atoms with Gasteiger partial charge in [0, 0.05) is 9.75 Å². The molecule has 1 unspecified atom stereocenters. The smallest absolute Gasteiger partial charge is 0.0556 e. The second-order valence-corrected chi connectivity index (χ2v) is 7.08. The molecule has 0 amide bonds. The van der Waals surface area contributed by atoms with E-state index in [1.54, 1.807) is 10.4 Å². The lowest BCUT2D eigenvalue weighted by Crippen LogP contribution is -2.30. The minimum absolute atomic E-state index is 0.396. The molecule has 1 aromatic rings. The van der Waals surface area contributed by atoms with Crippen LogP contribution in [0.25, 0.3) is 0 Å². The van der Waals surface area contributed by atoms with E-state index in [9.17, 15) is 0 Å². The molecule has 100 valence electrons. The standard InChI is InChI=1S/C15H24N2S/c16-17-13(9-11-5-4-6-11)15-10-12-7-2-1-3-8-14(12)18-15/h10-11,13,17H,1-9,16H2. The summed E-state index contributed by atoms with van der Waals surface area (Å²) in [4.78, 5) is 3.12. The van der Waals surface area contributed by atoms with Crippen molar-refractivity contribution in [3.8, 4) is 0 Å². The minimum atomic E-state index is 0.396. The molecule has 1 fully saturated rings. The fourth-order valence-corrected chi connectivity index (χ4v) is 4.52. The Labute approximate surface area is 114 Å². The highest BCUT2D eigenvalue weighted by atomic mass is 32.1. The number of hydrogen-bond acceptors (Lipinski definition) is 3. The summed E-state index contributed by atoms with van der Waals surface area (Å²) >= 11 is 2.02. The predicted octanol–water partition coefficient (Wildman–Crippen LogP) is 3.71. The molecular weight excluding hydrogens is 240 g/mol. The Morgan fingerprint density at radius 1 is 1.22 bits per heavy atom. The molecule has 0 aromatic carbocycles. The number of rotatable bonds is 4. The SMILES string of the molecule is NNC(CC1CCC1)c1cc2c(s1)CCCCC2. The van der Waals surface area contributed by atoms with Gasteiger partial charge >= 0.3 is 0 Å². The second kappa shape index (κ2) is 5.72. The summed E-state index contributed by atoms with van der Waals surface area (Å²) in [5.74, 6) is 6.69. The van der Waals surface area contributed by atoms with Gasteiger partial charge in [-0.25, -0.2) is 0 Å². The summed E-state index contributed by atoms with van der Waals surface area (Å²) in [5, 5.41) is 0. The average molecular weight is 264 g/mol. The van der Waals surface area contributed by atoms with Crippen LogP contribution in [0.3, 0.4) is 0 Å². The van der Waals surface area contributed by atoms with E-state index in [1.807, 2.05) is 11.3 Å². The number of aryl methyl sites for hydroxylation is 2. The Kier molecular flexibility index (Phi) is 4.02. The van der Waals surface area contributed by atoms with Crippen LogP contribution in [0, 0.1) is 5.92 Å². The molecule has 0 bridgehead atoms. The molecule has 2 aliphatic carbocycles. The average Bonchev–Trinajstić information content (AvgIpc) is 2.59. The van der Waals surface area contributed by atoms with Crippen molar-refractivity contribution in [2.24, 2.45) is 11.8 Å². The van der Waals surface area contributed by atoms with Crippen molar-refractivity contribution in [2.75, 3.05) is 0 Å². The molecule has 0 aliphatic heterocycles. The highest BCUT2D eigenvalue weighted by Gasteiger charge is 2.24. The first-order valence-electron chi connectivity index (χ1n) is 7.44. The third kappa shape index (κ3) is 2.63. The molecule has 1 saturated carbocycles. The van der Waals surface area contributed by atoms with Crippen LogP contribution < -0.4 is 11.3 Å². The van der Waals surface area contributed by atoms with E-state index < -0.39 is 0 Å². The van der Waals surface area contributed by atoms with Gasteiger partial charge in [0.1, 0.15) is 0 Å². The summed E-state index contributed by atoms with van der Waals surface area (Å²) in [6, 6.07) is 2.83. The third-order valence-electron chi connectivity index (χ3n) is 4.60. The molecule has 0 radical (unpaired) electrons. The molecule has 0 spiro atoms. The van der Waals surface area contributed by atoms with Crippen LogP contribution in [0.4, 0.5) is 0 Å². The van der Waals surface area contributed by atoms with Gasteiger partial charge in [0.05, 0.1) is 6.04 Å². The quantitative estimate of drug-likeness (QED) is 0.494. The maximum atomic E-state index is 5.78. The molecule has 1 atom stereocenters. The van der Waals surface area contributed by atoms with Gasteiger partial charge in [-0.05, 0) is 49.7 Å². The van der Waals surface area contributed by atoms with Gasteiger partial charge in [0.25, 0.3) is 0 Å². The van der Waals surface area contributed by atoms with Gasteiger partial charge < -0.3 is 0 Å². The molecule has 3 N–H and O–H groups in total. The topological polar surface area (TPSA) is 38.0 Å².